The Bertz CT molecular complexity index is 217. The Kier molecular flexibility index (Phi) is 3.06. The molecule has 1 aliphatic heterocycles. The van der Waals surface area contributed by atoms with Crippen molar-refractivity contribution in [3.05, 3.63) is 0 Å². The molecule has 3 heteroatoms. The van der Waals surface area contributed by atoms with Crippen LogP contribution in [-0.4, -0.2) is 24.7 Å². The summed E-state index contributed by atoms with van der Waals surface area (Å²) in [7, 11) is 0. The van der Waals surface area contributed by atoms with E-state index in [-0.39, 0.29) is 12.0 Å². The van der Waals surface area contributed by atoms with E-state index in [1.807, 2.05) is 6.92 Å². The van der Waals surface area contributed by atoms with Crippen molar-refractivity contribution in [2.75, 3.05) is 6.61 Å². The monoisotopic (exact) mass is 197 g/mol. The van der Waals surface area contributed by atoms with Gasteiger partial charge in [-0.05, 0) is 38.5 Å². The Morgan fingerprint density at radius 1 is 1.36 bits per heavy atom. The lowest BCUT2D eigenvalue weighted by atomic mass is 9.90. The lowest BCUT2D eigenvalue weighted by Gasteiger charge is -2.32. The fourth-order valence-corrected chi connectivity index (χ4v) is 2.75. The number of ether oxygens (including phenoxy) is 1. The number of carbonyl (C=O) groups is 1. The minimum Gasteiger partial charge on any atom is -0.465 e. The number of esters is 1. The molecule has 2 rings (SSSR count). The van der Waals surface area contributed by atoms with E-state index >= 15 is 0 Å². The minimum absolute atomic E-state index is 0.0331. The van der Waals surface area contributed by atoms with E-state index < -0.39 is 0 Å². The first-order chi connectivity index (χ1) is 6.81. The summed E-state index contributed by atoms with van der Waals surface area (Å²) in [5.74, 6) is 0.763. The van der Waals surface area contributed by atoms with Crippen LogP contribution >= 0.6 is 0 Å². The van der Waals surface area contributed by atoms with Gasteiger partial charge in [-0.2, -0.15) is 0 Å². The number of hydrogen-bond acceptors (Lipinski definition) is 3. The Labute approximate surface area is 85.2 Å². The van der Waals surface area contributed by atoms with Gasteiger partial charge < -0.3 is 10.1 Å². The highest BCUT2D eigenvalue weighted by atomic mass is 16.5. The molecule has 2 fully saturated rings. The highest BCUT2D eigenvalue weighted by Gasteiger charge is 2.36. The average Bonchev–Trinajstić information content (AvgIpc) is 2.64. The summed E-state index contributed by atoms with van der Waals surface area (Å²) in [5, 5.41) is 3.43. The van der Waals surface area contributed by atoms with Crippen molar-refractivity contribution < 1.29 is 9.53 Å². The summed E-state index contributed by atoms with van der Waals surface area (Å²) in [6, 6.07) is 0.549. The Morgan fingerprint density at radius 2 is 2.21 bits per heavy atom. The van der Waals surface area contributed by atoms with Crippen molar-refractivity contribution >= 4 is 5.97 Å². The molecule has 1 aliphatic carbocycles. The van der Waals surface area contributed by atoms with Crippen molar-refractivity contribution in [3.8, 4) is 0 Å². The summed E-state index contributed by atoms with van der Waals surface area (Å²) < 4.78 is 5.03. The van der Waals surface area contributed by atoms with Gasteiger partial charge in [0.15, 0.2) is 0 Å². The Balaban J connectivity index is 1.87. The Morgan fingerprint density at radius 3 is 3.00 bits per heavy atom. The molecule has 14 heavy (non-hydrogen) atoms. The van der Waals surface area contributed by atoms with Crippen LogP contribution in [0.2, 0.25) is 0 Å². The first-order valence-electron chi connectivity index (χ1n) is 5.74. The second-order valence-electron chi connectivity index (χ2n) is 4.35. The zero-order valence-electron chi connectivity index (χ0n) is 8.79. The molecule has 3 nitrogen and oxygen atoms in total. The molecule has 2 aliphatic rings. The lowest BCUT2D eigenvalue weighted by Crippen LogP contribution is -2.49. The molecule has 0 aromatic rings. The van der Waals surface area contributed by atoms with Gasteiger partial charge in [-0.25, -0.2) is 0 Å². The normalized spacial score (nSPS) is 36.5. The van der Waals surface area contributed by atoms with Crippen molar-refractivity contribution in [1.82, 2.24) is 5.32 Å². The summed E-state index contributed by atoms with van der Waals surface area (Å²) in [6.45, 7) is 2.35. The van der Waals surface area contributed by atoms with Gasteiger partial charge in [-0.3, -0.25) is 4.79 Å². The molecule has 0 bridgehead atoms. The summed E-state index contributed by atoms with van der Waals surface area (Å²) in [4.78, 5) is 11.5. The first kappa shape index (κ1) is 9.97. The van der Waals surface area contributed by atoms with E-state index in [0.717, 1.165) is 12.3 Å². The smallest absolute Gasteiger partial charge is 0.323 e. The maximum atomic E-state index is 11.5. The van der Waals surface area contributed by atoms with E-state index in [4.69, 9.17) is 4.74 Å². The second kappa shape index (κ2) is 4.30. The van der Waals surface area contributed by atoms with Crippen molar-refractivity contribution in [2.24, 2.45) is 5.92 Å². The molecule has 0 aromatic heterocycles. The number of nitrogens with one attached hydrogen (secondary N) is 1. The molecule has 1 saturated heterocycles. The molecule has 0 radical (unpaired) electrons. The van der Waals surface area contributed by atoms with E-state index in [0.29, 0.717) is 12.6 Å². The predicted octanol–water partition coefficient (Wildman–Crippen LogP) is 1.47. The van der Waals surface area contributed by atoms with Crippen LogP contribution in [-0.2, 0) is 9.53 Å². The van der Waals surface area contributed by atoms with E-state index in [9.17, 15) is 4.79 Å². The molecule has 0 amide bonds. The quantitative estimate of drug-likeness (QED) is 0.681. The molecule has 3 atom stereocenters. The number of hydrogen-bond donors (Lipinski definition) is 1. The largest absolute Gasteiger partial charge is 0.465 e. The van der Waals surface area contributed by atoms with Crippen LogP contribution in [0.15, 0.2) is 0 Å². The van der Waals surface area contributed by atoms with Gasteiger partial charge in [0.25, 0.3) is 0 Å². The third-order valence-electron chi connectivity index (χ3n) is 3.47. The fourth-order valence-electron chi connectivity index (χ4n) is 2.75. The van der Waals surface area contributed by atoms with Crippen LogP contribution < -0.4 is 5.32 Å². The molecule has 80 valence electrons. The van der Waals surface area contributed by atoms with Gasteiger partial charge in [-0.15, -0.1) is 0 Å². The standard InChI is InChI=1S/C11H19NO2/c1-2-14-11(13)10-7-6-8-4-3-5-9(8)12-10/h8-10,12H,2-7H2,1H3. The summed E-state index contributed by atoms with van der Waals surface area (Å²) in [5.41, 5.74) is 0. The van der Waals surface area contributed by atoms with Crippen molar-refractivity contribution in [2.45, 2.75) is 51.1 Å². The average molecular weight is 197 g/mol. The predicted molar refractivity (Wildman–Crippen MR) is 53.9 cm³/mol. The summed E-state index contributed by atoms with van der Waals surface area (Å²) >= 11 is 0. The minimum atomic E-state index is -0.0575. The molecular weight excluding hydrogens is 178 g/mol. The third kappa shape index (κ3) is 1.92. The van der Waals surface area contributed by atoms with Crippen LogP contribution in [0.5, 0.6) is 0 Å². The molecular formula is C11H19NO2. The van der Waals surface area contributed by atoms with Crippen LogP contribution in [0, 0.1) is 5.92 Å². The highest BCUT2D eigenvalue weighted by molar-refractivity contribution is 5.75. The number of carbonyl (C=O) groups excluding carboxylic acids is 1. The van der Waals surface area contributed by atoms with E-state index in [2.05, 4.69) is 5.32 Å². The van der Waals surface area contributed by atoms with Crippen LogP contribution in [0.4, 0.5) is 0 Å². The SMILES string of the molecule is CCOC(=O)C1CCC2CCCC2N1. The van der Waals surface area contributed by atoms with Gasteiger partial charge in [0, 0.05) is 6.04 Å². The molecule has 1 N–H and O–H groups in total. The van der Waals surface area contributed by atoms with Gasteiger partial charge >= 0.3 is 5.97 Å². The second-order valence-corrected chi connectivity index (χ2v) is 4.35. The lowest BCUT2D eigenvalue weighted by molar-refractivity contribution is -0.146. The van der Waals surface area contributed by atoms with Crippen LogP contribution in [0.1, 0.15) is 39.0 Å². The first-order valence-corrected chi connectivity index (χ1v) is 5.74. The van der Waals surface area contributed by atoms with Crippen LogP contribution in [0.3, 0.4) is 0 Å². The molecule has 3 unspecified atom stereocenters. The van der Waals surface area contributed by atoms with Gasteiger partial charge in [-0.1, -0.05) is 6.42 Å². The number of fused-ring (bicyclic) bond motifs is 1. The van der Waals surface area contributed by atoms with Crippen molar-refractivity contribution in [1.29, 1.82) is 0 Å². The van der Waals surface area contributed by atoms with E-state index in [1.165, 1.54) is 25.7 Å². The molecule has 0 aromatic carbocycles. The van der Waals surface area contributed by atoms with Gasteiger partial charge in [0.2, 0.25) is 0 Å². The number of piperidine rings is 1. The van der Waals surface area contributed by atoms with Crippen molar-refractivity contribution in [3.63, 3.8) is 0 Å². The molecule has 1 heterocycles. The maximum Gasteiger partial charge on any atom is 0.323 e. The topological polar surface area (TPSA) is 38.3 Å². The zero-order valence-corrected chi connectivity index (χ0v) is 8.79. The van der Waals surface area contributed by atoms with E-state index in [1.54, 1.807) is 0 Å². The third-order valence-corrected chi connectivity index (χ3v) is 3.47. The summed E-state index contributed by atoms with van der Waals surface area (Å²) in [6.07, 6.45) is 6.05. The Hall–Kier alpha value is -0.570. The van der Waals surface area contributed by atoms with Crippen LogP contribution in [0.25, 0.3) is 0 Å². The zero-order chi connectivity index (χ0) is 9.97. The maximum absolute atomic E-state index is 11.5. The molecule has 1 saturated carbocycles. The van der Waals surface area contributed by atoms with Gasteiger partial charge in [0.1, 0.15) is 6.04 Å². The van der Waals surface area contributed by atoms with Gasteiger partial charge in [0.05, 0.1) is 6.61 Å². The fraction of sp³-hybridized carbons (Fsp3) is 0.909. The number of rotatable bonds is 2. The highest BCUT2D eigenvalue weighted by Crippen LogP contribution is 2.33. The molecule has 0 spiro atoms.